The van der Waals surface area contributed by atoms with Gasteiger partial charge < -0.3 is 5.32 Å². The fourth-order valence-corrected chi connectivity index (χ4v) is 2.31. The van der Waals surface area contributed by atoms with E-state index in [9.17, 15) is 9.18 Å². The van der Waals surface area contributed by atoms with E-state index in [1.54, 1.807) is 7.05 Å². The number of amides is 2. The number of halogens is 1. The Hall–Kier alpha value is -1.74. The van der Waals surface area contributed by atoms with Crippen LogP contribution in [0.25, 0.3) is 10.6 Å². The lowest BCUT2D eigenvalue weighted by Crippen LogP contribution is -2.39. The van der Waals surface area contributed by atoms with Gasteiger partial charge in [0.2, 0.25) is 5.13 Å². The van der Waals surface area contributed by atoms with E-state index in [4.69, 9.17) is 0 Å². The maximum absolute atomic E-state index is 13.1. The minimum atomic E-state index is -0.446. The van der Waals surface area contributed by atoms with Crippen molar-refractivity contribution in [3.05, 3.63) is 24.3 Å². The predicted molar refractivity (Wildman–Crippen MR) is 83.3 cm³/mol. The fraction of sp³-hybridized carbons (Fsp3) is 0.333. The molecule has 9 heteroatoms. The summed E-state index contributed by atoms with van der Waals surface area (Å²) in [7, 11) is 1.59. The molecule has 2 heterocycles. The van der Waals surface area contributed by atoms with Crippen molar-refractivity contribution in [3.63, 3.8) is 0 Å². The Labute approximate surface area is 130 Å². The smallest absolute Gasteiger partial charge is 0.323 e. The molecular weight excluding hydrogens is 313 g/mol. The van der Waals surface area contributed by atoms with Crippen LogP contribution in [-0.2, 0) is 0 Å². The van der Waals surface area contributed by atoms with Crippen LogP contribution in [0.1, 0.15) is 6.92 Å². The van der Waals surface area contributed by atoms with Crippen molar-refractivity contribution < 1.29 is 9.18 Å². The first-order valence-corrected chi connectivity index (χ1v) is 7.44. The second kappa shape index (κ2) is 6.81. The maximum Gasteiger partial charge on any atom is 0.323 e. The van der Waals surface area contributed by atoms with Gasteiger partial charge in [-0.3, -0.25) is 9.88 Å². The minimum Gasteiger partial charge on any atom is -0.337 e. The van der Waals surface area contributed by atoms with Crippen molar-refractivity contribution >= 4 is 35.1 Å². The number of thiol groups is 1. The van der Waals surface area contributed by atoms with Gasteiger partial charge in [0.1, 0.15) is 5.82 Å². The quantitative estimate of drug-likeness (QED) is 0.845. The van der Waals surface area contributed by atoms with Crippen molar-refractivity contribution in [2.45, 2.75) is 12.2 Å². The Morgan fingerprint density at radius 2 is 2.29 bits per heavy atom. The van der Waals surface area contributed by atoms with Gasteiger partial charge in [-0.15, -0.1) is 10.2 Å². The molecule has 21 heavy (non-hydrogen) atoms. The maximum atomic E-state index is 13.1. The number of anilines is 1. The van der Waals surface area contributed by atoms with Crippen molar-refractivity contribution in [3.8, 4) is 10.6 Å². The van der Waals surface area contributed by atoms with E-state index in [0.29, 0.717) is 22.2 Å². The number of aromatic nitrogens is 3. The first-order chi connectivity index (χ1) is 9.97. The summed E-state index contributed by atoms with van der Waals surface area (Å²) in [6.45, 7) is 2.33. The van der Waals surface area contributed by atoms with Crippen LogP contribution in [0.15, 0.2) is 18.5 Å². The van der Waals surface area contributed by atoms with E-state index in [1.165, 1.54) is 28.5 Å². The van der Waals surface area contributed by atoms with Gasteiger partial charge in [-0.2, -0.15) is 12.6 Å². The monoisotopic (exact) mass is 327 g/mol. The number of nitrogens with one attached hydrogen (secondary N) is 1. The highest BCUT2D eigenvalue weighted by atomic mass is 32.1. The molecule has 1 atom stereocenters. The van der Waals surface area contributed by atoms with E-state index in [2.05, 4.69) is 33.1 Å². The molecule has 2 aromatic rings. The summed E-state index contributed by atoms with van der Waals surface area (Å²) in [5, 5.41) is 11.6. The van der Waals surface area contributed by atoms with Gasteiger partial charge in [0.25, 0.3) is 0 Å². The van der Waals surface area contributed by atoms with E-state index >= 15 is 0 Å². The van der Waals surface area contributed by atoms with Gasteiger partial charge in [-0.1, -0.05) is 18.3 Å². The number of rotatable bonds is 4. The molecule has 0 aromatic carbocycles. The Morgan fingerprint density at radius 1 is 1.52 bits per heavy atom. The molecule has 2 amide bonds. The average Bonchev–Trinajstić information content (AvgIpc) is 2.93. The summed E-state index contributed by atoms with van der Waals surface area (Å²) in [5.74, 6) is -0.446. The molecule has 0 aliphatic heterocycles. The van der Waals surface area contributed by atoms with Crippen LogP contribution >= 0.6 is 24.0 Å². The molecule has 0 aliphatic carbocycles. The highest BCUT2D eigenvalue weighted by Gasteiger charge is 2.16. The van der Waals surface area contributed by atoms with Crippen molar-refractivity contribution in [1.82, 2.24) is 20.5 Å². The Morgan fingerprint density at radius 3 is 2.95 bits per heavy atom. The second-order valence-electron chi connectivity index (χ2n) is 4.38. The van der Waals surface area contributed by atoms with Crippen molar-refractivity contribution in [2.24, 2.45) is 0 Å². The minimum absolute atomic E-state index is 0.0608. The lowest BCUT2D eigenvalue weighted by molar-refractivity contribution is 0.247. The van der Waals surface area contributed by atoms with Crippen LogP contribution in [0.5, 0.6) is 0 Å². The number of nitrogens with zero attached hydrogens (tertiary/aromatic N) is 4. The normalized spacial score (nSPS) is 12.0. The number of urea groups is 1. The van der Waals surface area contributed by atoms with Crippen molar-refractivity contribution in [2.75, 3.05) is 18.5 Å². The van der Waals surface area contributed by atoms with Gasteiger partial charge in [-0.05, 0) is 6.07 Å². The third-order valence-corrected chi connectivity index (χ3v) is 3.74. The van der Waals surface area contributed by atoms with Gasteiger partial charge >= 0.3 is 6.03 Å². The van der Waals surface area contributed by atoms with Crippen LogP contribution in [0.4, 0.5) is 14.3 Å². The van der Waals surface area contributed by atoms with Crippen molar-refractivity contribution in [1.29, 1.82) is 0 Å². The standard InChI is InChI=1S/C12H14FN5OS2/c1-7(20)4-15-11(19)18(2)12-17-16-10(21-12)8-3-9(13)6-14-5-8/h3,5-7,20H,4H2,1-2H3,(H,15,19). The molecule has 0 saturated heterocycles. The van der Waals surface area contributed by atoms with Crippen LogP contribution in [0.3, 0.4) is 0 Å². The number of hydrogen-bond donors (Lipinski definition) is 2. The average molecular weight is 327 g/mol. The lowest BCUT2D eigenvalue weighted by Gasteiger charge is -2.15. The molecule has 1 unspecified atom stereocenters. The molecule has 0 spiro atoms. The van der Waals surface area contributed by atoms with Gasteiger partial charge in [0.05, 0.1) is 6.20 Å². The van der Waals surface area contributed by atoms with Crippen LogP contribution in [0.2, 0.25) is 0 Å². The first-order valence-electron chi connectivity index (χ1n) is 6.11. The van der Waals surface area contributed by atoms with E-state index in [0.717, 1.165) is 6.20 Å². The molecule has 0 radical (unpaired) electrons. The first kappa shape index (κ1) is 15.6. The highest BCUT2D eigenvalue weighted by molar-refractivity contribution is 7.80. The summed E-state index contributed by atoms with van der Waals surface area (Å²) in [6, 6.07) is 1.02. The zero-order chi connectivity index (χ0) is 15.4. The predicted octanol–water partition coefficient (Wildman–Crippen LogP) is 2.20. The Balaban J connectivity index is 2.10. The van der Waals surface area contributed by atoms with Crippen LogP contribution in [0, 0.1) is 5.82 Å². The molecule has 112 valence electrons. The topological polar surface area (TPSA) is 71.0 Å². The number of carbonyl (C=O) groups excluding carboxylic acids is 1. The van der Waals surface area contributed by atoms with Crippen LogP contribution < -0.4 is 10.2 Å². The molecule has 2 aromatic heterocycles. The van der Waals surface area contributed by atoms with Crippen LogP contribution in [-0.4, -0.2) is 40.1 Å². The third-order valence-electron chi connectivity index (χ3n) is 2.51. The van der Waals surface area contributed by atoms with Gasteiger partial charge in [-0.25, -0.2) is 9.18 Å². The Kier molecular flexibility index (Phi) is 5.07. The lowest BCUT2D eigenvalue weighted by atomic mass is 10.3. The summed E-state index contributed by atoms with van der Waals surface area (Å²) in [5.41, 5.74) is 0.525. The number of carbonyl (C=O) groups is 1. The summed E-state index contributed by atoms with van der Waals surface area (Å²) >= 11 is 5.37. The second-order valence-corrected chi connectivity index (χ2v) is 6.21. The highest BCUT2D eigenvalue weighted by Crippen LogP contribution is 2.27. The third kappa shape index (κ3) is 4.11. The largest absolute Gasteiger partial charge is 0.337 e. The molecule has 2 rings (SSSR count). The molecule has 1 N–H and O–H groups in total. The van der Waals surface area contributed by atoms with Gasteiger partial charge in [0.15, 0.2) is 5.01 Å². The summed E-state index contributed by atoms with van der Waals surface area (Å²) in [4.78, 5) is 17.0. The van der Waals surface area contributed by atoms with Gasteiger partial charge in [0, 0.05) is 30.6 Å². The fourth-order valence-electron chi connectivity index (χ4n) is 1.44. The molecule has 0 bridgehead atoms. The summed E-state index contributed by atoms with van der Waals surface area (Å²) < 4.78 is 13.1. The molecule has 0 saturated carbocycles. The zero-order valence-corrected chi connectivity index (χ0v) is 13.2. The molecule has 0 fully saturated rings. The molecular formula is C12H14FN5OS2. The zero-order valence-electron chi connectivity index (χ0n) is 11.4. The SMILES string of the molecule is CC(S)CNC(=O)N(C)c1nnc(-c2cncc(F)c2)s1. The Bertz CT molecular complexity index is 634. The number of hydrogen-bond acceptors (Lipinski definition) is 6. The van der Waals surface area contributed by atoms with E-state index in [-0.39, 0.29) is 11.3 Å². The molecule has 6 nitrogen and oxygen atoms in total. The van der Waals surface area contributed by atoms with E-state index < -0.39 is 5.82 Å². The molecule has 0 aliphatic rings. The summed E-state index contributed by atoms with van der Waals surface area (Å²) in [6.07, 6.45) is 2.61. The number of pyridine rings is 1. The van der Waals surface area contributed by atoms with E-state index in [1.807, 2.05) is 6.92 Å².